The number of hydrogen-bond acceptors (Lipinski definition) is 3. The van der Waals surface area contributed by atoms with Crippen LogP contribution in [0.3, 0.4) is 0 Å². The van der Waals surface area contributed by atoms with E-state index in [1.807, 2.05) is 0 Å². The van der Waals surface area contributed by atoms with Crippen molar-refractivity contribution in [3.8, 4) is 0 Å². The summed E-state index contributed by atoms with van der Waals surface area (Å²) in [5, 5.41) is 0. The summed E-state index contributed by atoms with van der Waals surface area (Å²) in [4.78, 5) is 32.2. The fourth-order valence-electron chi connectivity index (χ4n) is 1.62. The molecule has 0 N–H and O–H groups in total. The Hall–Kier alpha value is -1.25. The summed E-state index contributed by atoms with van der Waals surface area (Å²) in [6.45, 7) is 0. The lowest BCUT2D eigenvalue weighted by atomic mass is 10.1. The van der Waals surface area contributed by atoms with Gasteiger partial charge in [0.25, 0.3) is 0 Å². The van der Waals surface area contributed by atoms with Crippen molar-refractivity contribution in [2.45, 2.75) is 0 Å². The van der Waals surface area contributed by atoms with Gasteiger partial charge in [-0.05, 0) is 12.2 Å². The van der Waals surface area contributed by atoms with Crippen LogP contribution in [0.15, 0.2) is 12.2 Å². The second kappa shape index (κ2) is 1.87. The van der Waals surface area contributed by atoms with E-state index in [-0.39, 0.29) is 29.3 Å². The minimum absolute atomic E-state index is 0.0771. The third-order valence-electron chi connectivity index (χ3n) is 2.30. The Morgan fingerprint density at radius 3 is 1.91 bits per heavy atom. The minimum Gasteiger partial charge on any atom is -0.303 e. The molecule has 2 atom stereocenters. The molecule has 0 aromatic rings. The zero-order valence-corrected chi connectivity index (χ0v) is 5.69. The van der Waals surface area contributed by atoms with Crippen molar-refractivity contribution >= 4 is 17.9 Å². The number of rotatable bonds is 1. The average molecular weight is 150 g/mol. The van der Waals surface area contributed by atoms with Crippen LogP contribution in [-0.2, 0) is 14.4 Å². The van der Waals surface area contributed by atoms with Crippen LogP contribution in [0, 0.1) is 17.8 Å². The van der Waals surface area contributed by atoms with Crippen LogP contribution in [0.25, 0.3) is 0 Å². The highest BCUT2D eigenvalue weighted by atomic mass is 16.1. The van der Waals surface area contributed by atoms with Crippen LogP contribution in [0.5, 0.6) is 0 Å². The van der Waals surface area contributed by atoms with Gasteiger partial charge in [-0.3, -0.25) is 9.59 Å². The number of carbonyl (C=O) groups is 3. The van der Waals surface area contributed by atoms with Crippen molar-refractivity contribution in [2.75, 3.05) is 0 Å². The lowest BCUT2D eigenvalue weighted by Crippen LogP contribution is -2.09. The van der Waals surface area contributed by atoms with Gasteiger partial charge in [-0.15, -0.1) is 0 Å². The first kappa shape index (κ1) is 6.46. The zero-order valence-electron chi connectivity index (χ0n) is 5.69. The Labute approximate surface area is 63.1 Å². The Kier molecular flexibility index (Phi) is 1.10. The van der Waals surface area contributed by atoms with E-state index in [1.54, 1.807) is 0 Å². The van der Waals surface area contributed by atoms with Crippen LogP contribution >= 0.6 is 0 Å². The Balaban J connectivity index is 2.30. The number of fused-ring (bicyclic) bond motifs is 1. The van der Waals surface area contributed by atoms with Crippen molar-refractivity contribution in [3.05, 3.63) is 12.2 Å². The van der Waals surface area contributed by atoms with E-state index in [2.05, 4.69) is 0 Å². The maximum atomic E-state index is 11.0. The number of hydrogen-bond donors (Lipinski definition) is 0. The first-order chi connectivity index (χ1) is 5.25. The zero-order chi connectivity index (χ0) is 8.01. The molecule has 2 unspecified atom stereocenters. The van der Waals surface area contributed by atoms with Gasteiger partial charge in [0.05, 0.1) is 0 Å². The van der Waals surface area contributed by atoms with Crippen LogP contribution in [-0.4, -0.2) is 17.9 Å². The highest BCUT2D eigenvalue weighted by molar-refractivity contribution is 6.13. The molecule has 11 heavy (non-hydrogen) atoms. The number of carbonyl (C=O) groups excluding carboxylic acids is 3. The van der Waals surface area contributed by atoms with Crippen molar-refractivity contribution in [3.63, 3.8) is 0 Å². The molecule has 3 nitrogen and oxygen atoms in total. The number of aldehydes is 1. The molecule has 0 amide bonds. The summed E-state index contributed by atoms with van der Waals surface area (Å²) >= 11 is 0. The van der Waals surface area contributed by atoms with E-state index in [1.165, 1.54) is 12.2 Å². The second-order valence-corrected chi connectivity index (χ2v) is 2.90. The van der Waals surface area contributed by atoms with E-state index in [0.717, 1.165) is 0 Å². The fraction of sp³-hybridized carbons (Fsp3) is 0.375. The second-order valence-electron chi connectivity index (χ2n) is 2.90. The van der Waals surface area contributed by atoms with E-state index < -0.39 is 0 Å². The van der Waals surface area contributed by atoms with Gasteiger partial charge in [0.1, 0.15) is 6.29 Å². The molecule has 0 aliphatic heterocycles. The van der Waals surface area contributed by atoms with Gasteiger partial charge >= 0.3 is 0 Å². The molecule has 0 aromatic carbocycles. The first-order valence-electron chi connectivity index (χ1n) is 3.47. The van der Waals surface area contributed by atoms with Gasteiger partial charge in [0.15, 0.2) is 11.6 Å². The Bertz CT molecular complexity index is 253. The third kappa shape index (κ3) is 0.707. The molecule has 56 valence electrons. The molecule has 1 saturated carbocycles. The fourth-order valence-corrected chi connectivity index (χ4v) is 1.62. The normalized spacial score (nSPS) is 40.2. The molecule has 0 aromatic heterocycles. The van der Waals surface area contributed by atoms with Gasteiger partial charge in [0.2, 0.25) is 0 Å². The summed E-state index contributed by atoms with van der Waals surface area (Å²) in [7, 11) is 0. The van der Waals surface area contributed by atoms with Crippen molar-refractivity contribution in [2.24, 2.45) is 17.8 Å². The number of allylic oxidation sites excluding steroid dienone is 2. The predicted octanol–water partition coefficient (Wildman–Crippen LogP) is -0.245. The quantitative estimate of drug-likeness (QED) is 0.484. The van der Waals surface area contributed by atoms with Crippen molar-refractivity contribution in [1.29, 1.82) is 0 Å². The van der Waals surface area contributed by atoms with E-state index in [9.17, 15) is 14.4 Å². The van der Waals surface area contributed by atoms with Crippen LogP contribution < -0.4 is 0 Å². The molecular weight excluding hydrogens is 144 g/mol. The van der Waals surface area contributed by atoms with Crippen LogP contribution in [0.1, 0.15) is 0 Å². The smallest absolute Gasteiger partial charge is 0.160 e. The van der Waals surface area contributed by atoms with Gasteiger partial charge in [-0.1, -0.05) is 0 Å². The molecule has 0 radical (unpaired) electrons. The lowest BCUT2D eigenvalue weighted by molar-refractivity contribution is -0.121. The Morgan fingerprint density at radius 1 is 1.09 bits per heavy atom. The standard InChI is InChI=1S/C8H6O3/c9-3-4-7-5(10)1-2-6(11)8(4)7/h1-4,7-8H. The maximum Gasteiger partial charge on any atom is 0.160 e. The third-order valence-corrected chi connectivity index (χ3v) is 2.30. The molecule has 3 heteroatoms. The van der Waals surface area contributed by atoms with Gasteiger partial charge in [-0.25, -0.2) is 0 Å². The summed E-state index contributed by atoms with van der Waals surface area (Å²) in [5.41, 5.74) is 0. The van der Waals surface area contributed by atoms with Crippen LogP contribution in [0.2, 0.25) is 0 Å². The first-order valence-corrected chi connectivity index (χ1v) is 3.47. The van der Waals surface area contributed by atoms with Crippen molar-refractivity contribution < 1.29 is 14.4 Å². The summed E-state index contributed by atoms with van der Waals surface area (Å²) in [6.07, 6.45) is 3.25. The van der Waals surface area contributed by atoms with Gasteiger partial charge < -0.3 is 4.79 Å². The summed E-state index contributed by atoms with van der Waals surface area (Å²) < 4.78 is 0. The van der Waals surface area contributed by atoms with E-state index in [0.29, 0.717) is 6.29 Å². The molecule has 0 spiro atoms. The lowest BCUT2D eigenvalue weighted by Gasteiger charge is -1.95. The monoisotopic (exact) mass is 150 g/mol. The highest BCUT2D eigenvalue weighted by Crippen LogP contribution is 2.48. The molecule has 0 heterocycles. The molecule has 2 rings (SSSR count). The van der Waals surface area contributed by atoms with E-state index in [4.69, 9.17) is 0 Å². The molecular formula is C8H6O3. The molecule has 2 aliphatic carbocycles. The summed E-state index contributed by atoms with van der Waals surface area (Å²) in [5.74, 6) is -1.11. The molecule has 0 bridgehead atoms. The van der Waals surface area contributed by atoms with E-state index >= 15 is 0 Å². The van der Waals surface area contributed by atoms with Gasteiger partial charge in [-0.2, -0.15) is 0 Å². The van der Waals surface area contributed by atoms with Crippen molar-refractivity contribution in [1.82, 2.24) is 0 Å². The molecule has 1 fully saturated rings. The minimum atomic E-state index is -0.329. The average Bonchev–Trinajstić information content (AvgIpc) is 2.72. The van der Waals surface area contributed by atoms with Gasteiger partial charge in [0, 0.05) is 17.8 Å². The molecule has 0 saturated heterocycles. The molecule has 2 aliphatic rings. The topological polar surface area (TPSA) is 51.2 Å². The SMILES string of the molecule is O=CC1C2C(=O)C=CC(=O)C12. The largest absolute Gasteiger partial charge is 0.303 e. The number of ketones is 2. The summed E-state index contributed by atoms with van der Waals surface area (Å²) in [6, 6.07) is 0. The van der Waals surface area contributed by atoms with Crippen LogP contribution in [0.4, 0.5) is 0 Å². The highest BCUT2D eigenvalue weighted by Gasteiger charge is 2.58. The Morgan fingerprint density at radius 2 is 1.55 bits per heavy atom. The maximum absolute atomic E-state index is 11.0. The predicted molar refractivity (Wildman–Crippen MR) is 35.7 cm³/mol.